The van der Waals surface area contributed by atoms with Gasteiger partial charge in [0, 0.05) is 11.1 Å². The minimum Gasteiger partial charge on any atom is -0.487 e. The molecule has 0 amide bonds. The molecule has 0 aliphatic heterocycles. The molecule has 11 heteroatoms. The van der Waals surface area contributed by atoms with Gasteiger partial charge in [-0.25, -0.2) is 9.59 Å². The van der Waals surface area contributed by atoms with Crippen LogP contribution in [0.2, 0.25) is 0 Å². The summed E-state index contributed by atoms with van der Waals surface area (Å²) in [7, 11) is -3.58. The van der Waals surface area contributed by atoms with Crippen molar-refractivity contribution in [1.82, 2.24) is 0 Å². The summed E-state index contributed by atoms with van der Waals surface area (Å²) in [6.45, 7) is 28.5. The van der Waals surface area contributed by atoms with Gasteiger partial charge in [-0.3, -0.25) is 0 Å². The van der Waals surface area contributed by atoms with Crippen molar-refractivity contribution in [1.29, 1.82) is 0 Å². The predicted octanol–water partition coefficient (Wildman–Crippen LogP) is 2.84. The van der Waals surface area contributed by atoms with E-state index in [1.165, 1.54) is 0 Å². The quantitative estimate of drug-likeness (QED) is 0.0874. The Morgan fingerprint density at radius 2 is 1.11 bits per heavy atom. The summed E-state index contributed by atoms with van der Waals surface area (Å²) < 4.78 is 40.9. The zero-order chi connectivity index (χ0) is 27.4. The van der Waals surface area contributed by atoms with Gasteiger partial charge in [0.15, 0.2) is 4.85 Å². The summed E-state index contributed by atoms with van der Waals surface area (Å²) in [5.74, 6) is -0.0494. The van der Waals surface area contributed by atoms with Crippen LogP contribution in [0.1, 0.15) is 41.5 Å². The van der Waals surface area contributed by atoms with Crippen molar-refractivity contribution in [3.05, 3.63) is 61.3 Å². The number of carbonyl (C=O) groups is 2. The van der Waals surface area contributed by atoms with Crippen molar-refractivity contribution in [2.24, 2.45) is 0 Å². The first kappa shape index (κ1) is 32.4. The summed E-state index contributed by atoms with van der Waals surface area (Å²) in [4.78, 5) is 22.2. The number of hydrogen-bond donors (Lipinski definition) is 0. The van der Waals surface area contributed by atoms with Crippen LogP contribution in [0.25, 0.3) is 0 Å². The van der Waals surface area contributed by atoms with Gasteiger partial charge in [-0.2, -0.15) is 0 Å². The van der Waals surface area contributed by atoms with Crippen molar-refractivity contribution in [2.75, 3.05) is 26.4 Å². The van der Waals surface area contributed by atoms with Gasteiger partial charge in [-0.15, -0.1) is 0 Å². The Labute approximate surface area is 213 Å². The Morgan fingerprint density at radius 1 is 0.743 bits per heavy atom. The Morgan fingerprint density at radius 3 is 1.46 bits per heavy atom. The second-order valence-corrected chi connectivity index (χ2v) is 13.5. The van der Waals surface area contributed by atoms with Crippen LogP contribution in [-0.2, 0) is 41.8 Å². The molecule has 0 rings (SSSR count). The molecule has 0 fully saturated rings. The molecule has 0 aromatic rings. The lowest BCUT2D eigenvalue weighted by Gasteiger charge is -2.45. The lowest BCUT2D eigenvalue weighted by molar-refractivity contribution is -0.147. The summed E-state index contributed by atoms with van der Waals surface area (Å²) in [6, 6.07) is 0. The molecular weight excluding hydrogens is 488 g/mol. The second-order valence-electron chi connectivity index (χ2n) is 8.27. The zero-order valence-electron chi connectivity index (χ0n) is 22.1. The molecule has 0 bridgehead atoms. The van der Waals surface area contributed by atoms with Crippen molar-refractivity contribution < 1.29 is 41.8 Å². The maximum absolute atomic E-state index is 11.8. The Bertz CT molecular complexity index is 796. The third-order valence-corrected chi connectivity index (χ3v) is 11.0. The number of allylic oxidation sites excluding steroid dienone is 3. The van der Waals surface area contributed by atoms with E-state index in [-0.39, 0.29) is 47.8 Å². The molecule has 2 atom stereocenters. The molecule has 9 nitrogen and oxygen atoms in total. The van der Waals surface area contributed by atoms with Gasteiger partial charge < -0.3 is 32.2 Å². The highest BCUT2D eigenvalue weighted by molar-refractivity contribution is 6.73. The Hall–Kier alpha value is -2.61. The maximum atomic E-state index is 11.8. The van der Waals surface area contributed by atoms with Crippen LogP contribution in [0.3, 0.4) is 0 Å². The molecule has 198 valence electrons. The molecule has 0 aromatic heterocycles. The molecule has 2 unspecified atom stereocenters. The second kappa shape index (κ2) is 14.7. The average molecular weight is 529 g/mol. The van der Waals surface area contributed by atoms with Crippen molar-refractivity contribution in [2.45, 2.75) is 52.5 Å². The molecule has 0 aliphatic carbocycles. The number of ether oxygens (including phenoxy) is 4. The minimum atomic E-state index is -3.86. The van der Waals surface area contributed by atoms with E-state index in [9.17, 15) is 9.59 Å². The molecule has 0 aromatic carbocycles. The van der Waals surface area contributed by atoms with E-state index in [1.807, 2.05) is 0 Å². The van der Waals surface area contributed by atoms with Gasteiger partial charge in [0.2, 0.25) is 0 Å². The van der Waals surface area contributed by atoms with E-state index in [0.717, 1.165) is 0 Å². The fraction of sp³-hybridized carbons (Fsp3) is 0.500. The van der Waals surface area contributed by atoms with E-state index in [1.54, 1.807) is 41.5 Å². The first-order valence-electron chi connectivity index (χ1n) is 11.0. The number of hydrogen-bond acceptors (Lipinski definition) is 9. The van der Waals surface area contributed by atoms with Crippen molar-refractivity contribution >= 4 is 31.0 Å². The summed E-state index contributed by atoms with van der Waals surface area (Å²) >= 11 is 0. The molecule has 0 saturated carbocycles. The van der Waals surface area contributed by atoms with Crippen LogP contribution in [0.5, 0.6) is 0 Å². The third-order valence-electron chi connectivity index (χ3n) is 4.41. The van der Waals surface area contributed by atoms with E-state index in [0.29, 0.717) is 17.3 Å². The minimum absolute atomic E-state index is 0.00246. The molecule has 0 saturated heterocycles. The van der Waals surface area contributed by atoms with Gasteiger partial charge in [0.1, 0.15) is 13.2 Å². The van der Waals surface area contributed by atoms with Gasteiger partial charge in [-0.05, 0) is 41.5 Å². The standard InChI is InChI=1S/C24H40O9Si2/c1-16(2)22(25)28-13-12-27-21(11)24(34,30-15-14-29-23(26)17(3)4)35(31-18(5)6,32-19(7)8)33-20(9)10/h21H,1,3,5,7,9,12-15H2,2,4,6,8,10-11,34H3. The zero-order valence-corrected chi connectivity index (χ0v) is 25.1. The van der Waals surface area contributed by atoms with E-state index >= 15 is 0 Å². The molecule has 0 N–H and O–H groups in total. The number of esters is 2. The van der Waals surface area contributed by atoms with Crippen LogP contribution < -0.4 is 0 Å². The molecular formula is C24H40O9Si2. The summed E-state index contributed by atoms with van der Waals surface area (Å²) in [6.07, 6.45) is -0.667. The van der Waals surface area contributed by atoms with Crippen LogP contribution >= 0.6 is 0 Å². The van der Waals surface area contributed by atoms with Gasteiger partial charge in [0.25, 0.3) is 0 Å². The Kier molecular flexibility index (Phi) is 13.6. The number of rotatable bonds is 18. The van der Waals surface area contributed by atoms with Crippen LogP contribution in [0.4, 0.5) is 0 Å². The fourth-order valence-electron chi connectivity index (χ4n) is 2.66. The lowest BCUT2D eigenvalue weighted by atomic mass is 10.4. The average Bonchev–Trinajstić information content (AvgIpc) is 2.71. The molecule has 0 radical (unpaired) electrons. The molecule has 0 aliphatic rings. The molecule has 0 spiro atoms. The SMILES string of the molecule is C=C(C)O[Si](OC(=C)C)(OC(=C)C)C([SiH3])(OCCOC(=O)C(=C)C)C(C)OCCOC(=O)C(=C)C. The van der Waals surface area contributed by atoms with Crippen LogP contribution in [0, 0.1) is 0 Å². The van der Waals surface area contributed by atoms with Crippen LogP contribution in [0.15, 0.2) is 61.3 Å². The summed E-state index contributed by atoms with van der Waals surface area (Å²) in [5.41, 5.74) is 0.558. The summed E-state index contributed by atoms with van der Waals surface area (Å²) in [5, 5.41) is 0. The normalized spacial score (nSPS) is 13.5. The van der Waals surface area contributed by atoms with Gasteiger partial charge in [0.05, 0.1) is 46.8 Å². The first-order valence-corrected chi connectivity index (χ1v) is 13.7. The van der Waals surface area contributed by atoms with Gasteiger partial charge >= 0.3 is 20.7 Å². The monoisotopic (exact) mass is 528 g/mol. The topological polar surface area (TPSA) is 98.8 Å². The van der Waals surface area contributed by atoms with E-state index in [2.05, 4.69) is 32.9 Å². The smallest absolute Gasteiger partial charge is 0.487 e. The van der Waals surface area contributed by atoms with E-state index < -0.39 is 31.7 Å². The van der Waals surface area contributed by atoms with Crippen molar-refractivity contribution in [3.8, 4) is 0 Å². The van der Waals surface area contributed by atoms with Gasteiger partial charge in [-0.1, -0.05) is 32.9 Å². The highest BCUT2D eigenvalue weighted by atomic mass is 28.4. The van der Waals surface area contributed by atoms with Crippen LogP contribution in [-0.4, -0.2) is 68.4 Å². The van der Waals surface area contributed by atoms with E-state index in [4.69, 9.17) is 32.2 Å². The lowest BCUT2D eigenvalue weighted by Crippen LogP contribution is -2.71. The highest BCUT2D eigenvalue weighted by Gasteiger charge is 2.69. The first-order chi connectivity index (χ1) is 16.1. The fourth-order valence-corrected chi connectivity index (χ4v) is 6.92. The maximum Gasteiger partial charge on any atom is 0.730 e. The largest absolute Gasteiger partial charge is 0.730 e. The highest BCUT2D eigenvalue weighted by Crippen LogP contribution is 2.35. The Balaban J connectivity index is 6.04. The molecule has 35 heavy (non-hydrogen) atoms. The van der Waals surface area contributed by atoms with Crippen molar-refractivity contribution in [3.63, 3.8) is 0 Å². The predicted molar refractivity (Wildman–Crippen MR) is 139 cm³/mol. The number of carbonyl (C=O) groups excluding carboxylic acids is 2. The third kappa shape index (κ3) is 10.7. The molecule has 0 heterocycles.